The van der Waals surface area contributed by atoms with Crippen molar-refractivity contribution < 1.29 is 17.9 Å². The van der Waals surface area contributed by atoms with E-state index < -0.39 is 10.0 Å². The molecule has 0 spiro atoms. The van der Waals surface area contributed by atoms with E-state index in [1.54, 1.807) is 12.1 Å². The maximum Gasteiger partial charge on any atom is 0.265 e. The number of hydrogen-bond donors (Lipinski definition) is 1. The molecule has 0 saturated carbocycles. The predicted molar refractivity (Wildman–Crippen MR) is 106 cm³/mol. The van der Waals surface area contributed by atoms with Gasteiger partial charge in [0.25, 0.3) is 10.0 Å². The van der Waals surface area contributed by atoms with Gasteiger partial charge in [0.05, 0.1) is 30.6 Å². The second-order valence-electron chi connectivity index (χ2n) is 5.95. The van der Waals surface area contributed by atoms with Crippen LogP contribution in [0.5, 0.6) is 11.5 Å². The zero-order valence-corrected chi connectivity index (χ0v) is 16.3. The smallest absolute Gasteiger partial charge is 0.265 e. The number of rotatable bonds is 7. The van der Waals surface area contributed by atoms with E-state index >= 15 is 0 Å². The molecule has 7 heteroatoms. The van der Waals surface area contributed by atoms with Crippen LogP contribution in [0.3, 0.4) is 0 Å². The van der Waals surface area contributed by atoms with E-state index in [1.807, 2.05) is 45.0 Å². The summed E-state index contributed by atoms with van der Waals surface area (Å²) >= 11 is 0. The number of pyridine rings is 1. The van der Waals surface area contributed by atoms with Crippen LogP contribution in [-0.4, -0.2) is 26.6 Å². The van der Waals surface area contributed by atoms with E-state index in [2.05, 4.69) is 9.71 Å². The largest absolute Gasteiger partial charge is 0.494 e. The molecule has 3 aromatic rings. The number of nitrogens with zero attached hydrogens (tertiary/aromatic N) is 1. The number of sulfonamides is 1. The van der Waals surface area contributed by atoms with E-state index in [1.165, 1.54) is 12.3 Å². The molecule has 0 saturated heterocycles. The molecule has 0 bridgehead atoms. The number of ether oxygens (including phenoxy) is 2. The Hall–Kier alpha value is -2.80. The lowest BCUT2D eigenvalue weighted by Crippen LogP contribution is -2.15. The van der Waals surface area contributed by atoms with Crippen molar-refractivity contribution in [3.05, 3.63) is 54.2 Å². The molecule has 0 radical (unpaired) electrons. The van der Waals surface area contributed by atoms with Crippen LogP contribution in [0, 0.1) is 6.92 Å². The molecule has 3 rings (SSSR count). The SMILES string of the molecule is CCOc1cc(S(=O)(=O)Nc2cnc3ccccc3c2)c(OCC)cc1C. The Kier molecular flexibility index (Phi) is 5.51. The van der Waals surface area contributed by atoms with Crippen LogP contribution in [0.1, 0.15) is 19.4 Å². The number of hydrogen-bond acceptors (Lipinski definition) is 5. The van der Waals surface area contributed by atoms with Gasteiger partial charge >= 0.3 is 0 Å². The number of fused-ring (bicyclic) bond motifs is 1. The van der Waals surface area contributed by atoms with Gasteiger partial charge in [0, 0.05) is 11.5 Å². The van der Waals surface area contributed by atoms with Crippen molar-refractivity contribution in [3.63, 3.8) is 0 Å². The molecular formula is C20H22N2O4S. The lowest BCUT2D eigenvalue weighted by atomic mass is 10.2. The molecule has 0 aliphatic rings. The zero-order valence-electron chi connectivity index (χ0n) is 15.5. The van der Waals surface area contributed by atoms with Crippen LogP contribution in [0.4, 0.5) is 5.69 Å². The van der Waals surface area contributed by atoms with Gasteiger partial charge in [-0.1, -0.05) is 18.2 Å². The Morgan fingerprint density at radius 3 is 2.44 bits per heavy atom. The van der Waals surface area contributed by atoms with Crippen molar-refractivity contribution in [2.75, 3.05) is 17.9 Å². The van der Waals surface area contributed by atoms with Gasteiger partial charge in [-0.15, -0.1) is 0 Å². The summed E-state index contributed by atoms with van der Waals surface area (Å²) in [5.74, 6) is 0.803. The Balaban J connectivity index is 2.02. The summed E-state index contributed by atoms with van der Waals surface area (Å²) in [7, 11) is -3.89. The van der Waals surface area contributed by atoms with Crippen molar-refractivity contribution in [3.8, 4) is 11.5 Å². The molecule has 142 valence electrons. The molecule has 0 atom stereocenters. The molecule has 1 N–H and O–H groups in total. The maximum absolute atomic E-state index is 13.0. The molecule has 27 heavy (non-hydrogen) atoms. The highest BCUT2D eigenvalue weighted by Crippen LogP contribution is 2.33. The molecule has 0 amide bonds. The molecule has 0 fully saturated rings. The van der Waals surface area contributed by atoms with Crippen LogP contribution in [0.25, 0.3) is 10.9 Å². The van der Waals surface area contributed by atoms with Gasteiger partial charge in [0.1, 0.15) is 16.4 Å². The molecule has 1 aromatic heterocycles. The first-order chi connectivity index (χ1) is 12.9. The number of aromatic nitrogens is 1. The monoisotopic (exact) mass is 386 g/mol. The van der Waals surface area contributed by atoms with Gasteiger partial charge < -0.3 is 9.47 Å². The Morgan fingerprint density at radius 2 is 1.70 bits per heavy atom. The van der Waals surface area contributed by atoms with Crippen LogP contribution in [0.15, 0.2) is 53.6 Å². The minimum Gasteiger partial charge on any atom is -0.494 e. The fraction of sp³-hybridized carbons (Fsp3) is 0.250. The number of nitrogens with one attached hydrogen (secondary N) is 1. The molecule has 0 aliphatic carbocycles. The van der Waals surface area contributed by atoms with E-state index in [4.69, 9.17) is 9.47 Å². The summed E-state index contributed by atoms with van der Waals surface area (Å²) in [4.78, 5) is 4.33. The minimum absolute atomic E-state index is 0.0339. The van der Waals surface area contributed by atoms with Gasteiger partial charge in [-0.25, -0.2) is 8.42 Å². The number of benzene rings is 2. The van der Waals surface area contributed by atoms with E-state index in [9.17, 15) is 8.42 Å². The Labute approximate surface area is 159 Å². The fourth-order valence-corrected chi connectivity index (χ4v) is 3.95. The zero-order chi connectivity index (χ0) is 19.4. The summed E-state index contributed by atoms with van der Waals surface area (Å²) < 4.78 is 39.8. The van der Waals surface area contributed by atoms with Crippen molar-refractivity contribution in [1.82, 2.24) is 4.98 Å². The highest BCUT2D eigenvalue weighted by Gasteiger charge is 2.23. The van der Waals surface area contributed by atoms with E-state index in [-0.39, 0.29) is 4.90 Å². The first-order valence-electron chi connectivity index (χ1n) is 8.72. The number of aryl methyl sites for hydroxylation is 1. The first-order valence-corrected chi connectivity index (χ1v) is 10.2. The molecular weight excluding hydrogens is 364 g/mol. The third kappa shape index (κ3) is 4.14. The summed E-state index contributed by atoms with van der Waals surface area (Å²) in [6.07, 6.45) is 1.50. The second kappa shape index (κ2) is 7.84. The number of anilines is 1. The molecule has 1 heterocycles. The molecule has 0 aliphatic heterocycles. The quantitative estimate of drug-likeness (QED) is 0.660. The minimum atomic E-state index is -3.89. The number of para-hydroxylation sites is 1. The highest BCUT2D eigenvalue weighted by atomic mass is 32.2. The molecule has 6 nitrogen and oxygen atoms in total. The van der Waals surface area contributed by atoms with E-state index in [0.29, 0.717) is 30.4 Å². The average Bonchev–Trinajstić information content (AvgIpc) is 2.63. The van der Waals surface area contributed by atoms with Crippen LogP contribution in [0.2, 0.25) is 0 Å². The lowest BCUT2D eigenvalue weighted by molar-refractivity contribution is 0.321. The van der Waals surface area contributed by atoms with Crippen LogP contribution in [-0.2, 0) is 10.0 Å². The molecule has 0 unspecified atom stereocenters. The Bertz CT molecular complexity index is 1060. The third-order valence-electron chi connectivity index (χ3n) is 3.97. The normalized spacial score (nSPS) is 11.4. The highest BCUT2D eigenvalue weighted by molar-refractivity contribution is 7.92. The topological polar surface area (TPSA) is 77.5 Å². The van der Waals surface area contributed by atoms with Crippen LogP contribution < -0.4 is 14.2 Å². The van der Waals surface area contributed by atoms with Gasteiger partial charge in [-0.3, -0.25) is 9.71 Å². The third-order valence-corrected chi connectivity index (χ3v) is 5.38. The average molecular weight is 386 g/mol. The summed E-state index contributed by atoms with van der Waals surface area (Å²) in [6.45, 7) is 6.31. The second-order valence-corrected chi connectivity index (χ2v) is 7.60. The van der Waals surface area contributed by atoms with Gasteiger partial charge in [0.2, 0.25) is 0 Å². The van der Waals surface area contributed by atoms with E-state index in [0.717, 1.165) is 16.5 Å². The van der Waals surface area contributed by atoms with Crippen molar-refractivity contribution in [2.45, 2.75) is 25.7 Å². The van der Waals surface area contributed by atoms with Crippen molar-refractivity contribution >= 4 is 26.6 Å². The van der Waals surface area contributed by atoms with Crippen LogP contribution >= 0.6 is 0 Å². The summed E-state index contributed by atoms with van der Waals surface area (Å²) in [6, 6.07) is 12.4. The van der Waals surface area contributed by atoms with Gasteiger partial charge in [-0.05, 0) is 44.5 Å². The van der Waals surface area contributed by atoms with Crippen molar-refractivity contribution in [1.29, 1.82) is 0 Å². The fourth-order valence-electron chi connectivity index (χ4n) is 2.77. The van der Waals surface area contributed by atoms with Crippen molar-refractivity contribution in [2.24, 2.45) is 0 Å². The predicted octanol–water partition coefficient (Wildman–Crippen LogP) is 4.14. The maximum atomic E-state index is 13.0. The molecule has 2 aromatic carbocycles. The lowest BCUT2D eigenvalue weighted by Gasteiger charge is -2.16. The standard InChI is InChI=1S/C20H22N2O4S/c1-4-25-18-12-20(19(26-5-2)10-14(18)3)27(23,24)22-16-11-15-8-6-7-9-17(15)21-13-16/h6-13,22H,4-5H2,1-3H3. The Morgan fingerprint density at radius 1 is 1.00 bits per heavy atom. The summed E-state index contributed by atoms with van der Waals surface area (Å²) in [5.41, 5.74) is 1.99. The van der Waals surface area contributed by atoms with Gasteiger partial charge in [0.15, 0.2) is 0 Å². The summed E-state index contributed by atoms with van der Waals surface area (Å²) in [5, 5.41) is 0.849. The van der Waals surface area contributed by atoms with Gasteiger partial charge in [-0.2, -0.15) is 0 Å². The first kappa shape index (κ1) is 19.0.